The van der Waals surface area contributed by atoms with Crippen LogP contribution in [-0.4, -0.2) is 48.5 Å². The SMILES string of the molecule is CCCCC(=O)N(C(N=[N+]=[N-])c1ccc(-c2ccccc2-c2nn[nH]n2)cc1)[C@H](C(=O)O)C(C)C. The Labute approximate surface area is 202 Å². The van der Waals surface area contributed by atoms with Crippen molar-refractivity contribution in [3.05, 3.63) is 64.5 Å². The quantitative estimate of drug-likeness (QED) is 0.225. The molecule has 35 heavy (non-hydrogen) atoms. The van der Waals surface area contributed by atoms with E-state index in [1.54, 1.807) is 26.0 Å². The second kappa shape index (κ2) is 11.8. The maximum absolute atomic E-state index is 13.2. The molecule has 1 unspecified atom stereocenters. The predicted molar refractivity (Wildman–Crippen MR) is 130 cm³/mol. The summed E-state index contributed by atoms with van der Waals surface area (Å²) in [5, 5.41) is 28.0. The number of carbonyl (C=O) groups is 2. The van der Waals surface area contributed by atoms with Crippen LogP contribution in [0.3, 0.4) is 0 Å². The number of aromatic amines is 1. The standard InChI is InChI=1S/C24H28N8O3/c1-4-5-10-20(33)32(21(15(2)3)24(34)35)23(28-29-25)17-13-11-16(12-14-17)18-8-6-7-9-19(18)22-26-30-31-27-22/h6-9,11-15,21,23H,4-5,10H2,1-3H3,(H,34,35)(H,26,27,30,31)/t21-,23?/m0/s1. The maximum Gasteiger partial charge on any atom is 0.326 e. The fourth-order valence-electron chi connectivity index (χ4n) is 4.00. The van der Waals surface area contributed by atoms with E-state index in [-0.39, 0.29) is 12.3 Å². The van der Waals surface area contributed by atoms with Gasteiger partial charge in [-0.3, -0.25) is 4.79 Å². The molecule has 2 N–H and O–H groups in total. The highest BCUT2D eigenvalue weighted by Gasteiger charge is 2.37. The molecule has 0 aliphatic rings. The zero-order valence-corrected chi connectivity index (χ0v) is 19.9. The summed E-state index contributed by atoms with van der Waals surface area (Å²) in [6.07, 6.45) is 0.448. The number of hydrogen-bond donors (Lipinski definition) is 2. The Bertz CT molecular complexity index is 1190. The van der Waals surface area contributed by atoms with E-state index in [1.807, 2.05) is 43.3 Å². The van der Waals surface area contributed by atoms with E-state index >= 15 is 0 Å². The van der Waals surface area contributed by atoms with E-state index in [4.69, 9.17) is 0 Å². The van der Waals surface area contributed by atoms with Gasteiger partial charge >= 0.3 is 5.97 Å². The highest BCUT2D eigenvalue weighted by Crippen LogP contribution is 2.33. The number of tetrazole rings is 1. The number of carboxylic acids is 1. The number of amides is 1. The van der Waals surface area contributed by atoms with E-state index in [0.717, 1.165) is 23.1 Å². The molecule has 1 amide bonds. The van der Waals surface area contributed by atoms with Crippen molar-refractivity contribution in [2.45, 2.75) is 52.2 Å². The van der Waals surface area contributed by atoms with Gasteiger partial charge in [0.1, 0.15) is 12.2 Å². The summed E-state index contributed by atoms with van der Waals surface area (Å²) in [6.45, 7) is 5.40. The third-order valence-electron chi connectivity index (χ3n) is 5.67. The number of rotatable bonds is 11. The number of azide groups is 1. The molecule has 11 nitrogen and oxygen atoms in total. The van der Waals surface area contributed by atoms with E-state index in [0.29, 0.717) is 17.8 Å². The first-order valence-electron chi connectivity index (χ1n) is 11.4. The Kier molecular flexibility index (Phi) is 8.53. The minimum atomic E-state index is -1.14. The lowest BCUT2D eigenvalue weighted by Crippen LogP contribution is -2.49. The molecule has 0 fully saturated rings. The van der Waals surface area contributed by atoms with Crippen molar-refractivity contribution in [1.29, 1.82) is 0 Å². The summed E-state index contributed by atoms with van der Waals surface area (Å²) in [4.78, 5) is 29.5. The molecular weight excluding hydrogens is 448 g/mol. The Morgan fingerprint density at radius 3 is 2.37 bits per heavy atom. The molecule has 0 bridgehead atoms. The highest BCUT2D eigenvalue weighted by molar-refractivity contribution is 5.84. The number of aromatic nitrogens is 4. The number of nitrogens with zero attached hydrogens (tertiary/aromatic N) is 7. The van der Waals surface area contributed by atoms with Crippen LogP contribution in [0.2, 0.25) is 0 Å². The molecule has 0 radical (unpaired) electrons. The Hall–Kier alpha value is -4.24. The van der Waals surface area contributed by atoms with Gasteiger partial charge in [-0.2, -0.15) is 5.21 Å². The zero-order valence-electron chi connectivity index (χ0n) is 19.9. The van der Waals surface area contributed by atoms with Crippen LogP contribution in [0, 0.1) is 5.92 Å². The predicted octanol–water partition coefficient (Wildman–Crippen LogP) is 4.97. The molecule has 2 atom stereocenters. The van der Waals surface area contributed by atoms with Crippen LogP contribution in [0.1, 0.15) is 51.8 Å². The van der Waals surface area contributed by atoms with Gasteiger partial charge in [-0.15, -0.1) is 10.2 Å². The van der Waals surface area contributed by atoms with Crippen molar-refractivity contribution in [2.75, 3.05) is 0 Å². The average Bonchev–Trinajstić information content (AvgIpc) is 3.39. The first-order valence-corrected chi connectivity index (χ1v) is 11.4. The van der Waals surface area contributed by atoms with Crippen molar-refractivity contribution in [3.8, 4) is 22.5 Å². The smallest absolute Gasteiger partial charge is 0.326 e. The Balaban J connectivity index is 2.04. The summed E-state index contributed by atoms with van der Waals surface area (Å²) >= 11 is 0. The van der Waals surface area contributed by atoms with Crippen LogP contribution < -0.4 is 0 Å². The van der Waals surface area contributed by atoms with Crippen LogP contribution in [0.5, 0.6) is 0 Å². The molecule has 11 heteroatoms. The first-order chi connectivity index (χ1) is 16.9. The molecule has 0 aliphatic heterocycles. The van der Waals surface area contributed by atoms with Gasteiger partial charge in [0.15, 0.2) is 0 Å². The van der Waals surface area contributed by atoms with Gasteiger partial charge in [0, 0.05) is 16.9 Å². The highest BCUT2D eigenvalue weighted by atomic mass is 16.4. The number of unbranched alkanes of at least 4 members (excludes halogenated alkanes) is 1. The maximum atomic E-state index is 13.2. The molecule has 0 aliphatic carbocycles. The largest absolute Gasteiger partial charge is 0.480 e. The molecule has 0 spiro atoms. The number of nitrogens with one attached hydrogen (secondary N) is 1. The topological polar surface area (TPSA) is 161 Å². The molecule has 3 aromatic rings. The van der Waals surface area contributed by atoms with Crippen molar-refractivity contribution in [3.63, 3.8) is 0 Å². The van der Waals surface area contributed by atoms with Gasteiger partial charge in [0.25, 0.3) is 0 Å². The Morgan fingerprint density at radius 1 is 1.14 bits per heavy atom. The normalized spacial score (nSPS) is 12.6. The molecule has 0 saturated heterocycles. The van der Waals surface area contributed by atoms with Gasteiger partial charge in [-0.05, 0) is 39.8 Å². The average molecular weight is 477 g/mol. The monoisotopic (exact) mass is 476 g/mol. The molecule has 2 aromatic carbocycles. The van der Waals surface area contributed by atoms with Crippen molar-refractivity contribution < 1.29 is 14.7 Å². The van der Waals surface area contributed by atoms with Crippen molar-refractivity contribution in [2.24, 2.45) is 11.0 Å². The number of carboxylic acid groups (broad SMARTS) is 1. The number of carbonyl (C=O) groups excluding carboxylic acids is 1. The van der Waals surface area contributed by atoms with Gasteiger partial charge in [0.05, 0.1) is 0 Å². The number of hydrogen-bond acceptors (Lipinski definition) is 6. The van der Waals surface area contributed by atoms with Crippen molar-refractivity contribution >= 4 is 11.9 Å². The molecule has 182 valence electrons. The molecule has 1 aromatic heterocycles. The number of benzene rings is 2. The lowest BCUT2D eigenvalue weighted by Gasteiger charge is -2.36. The third kappa shape index (κ3) is 5.82. The third-order valence-corrected chi connectivity index (χ3v) is 5.67. The minimum Gasteiger partial charge on any atom is -0.480 e. The van der Waals surface area contributed by atoms with E-state index < -0.39 is 24.1 Å². The van der Waals surface area contributed by atoms with Crippen LogP contribution in [0.4, 0.5) is 0 Å². The van der Waals surface area contributed by atoms with Gasteiger partial charge in [-0.1, -0.05) is 80.8 Å². The summed E-state index contributed by atoms with van der Waals surface area (Å²) in [6, 6.07) is 13.6. The van der Waals surface area contributed by atoms with Crippen LogP contribution >= 0.6 is 0 Å². The van der Waals surface area contributed by atoms with Gasteiger partial charge < -0.3 is 10.0 Å². The van der Waals surface area contributed by atoms with E-state index in [9.17, 15) is 20.2 Å². The van der Waals surface area contributed by atoms with Crippen molar-refractivity contribution in [1.82, 2.24) is 25.5 Å². The number of aliphatic carboxylic acids is 1. The van der Waals surface area contributed by atoms with E-state index in [1.165, 1.54) is 4.90 Å². The first kappa shape index (κ1) is 25.4. The minimum absolute atomic E-state index is 0.167. The zero-order chi connectivity index (χ0) is 25.4. The molecule has 1 heterocycles. The summed E-state index contributed by atoms with van der Waals surface area (Å²) in [5.41, 5.74) is 12.3. The fraction of sp³-hybridized carbons (Fsp3) is 0.375. The fourth-order valence-corrected chi connectivity index (χ4v) is 4.00. The molecule has 3 rings (SSSR count). The summed E-state index contributed by atoms with van der Waals surface area (Å²) in [5.74, 6) is -1.45. The second-order valence-corrected chi connectivity index (χ2v) is 8.41. The lowest BCUT2D eigenvalue weighted by molar-refractivity contribution is -0.155. The van der Waals surface area contributed by atoms with E-state index in [2.05, 4.69) is 30.7 Å². The second-order valence-electron chi connectivity index (χ2n) is 8.41. The Morgan fingerprint density at radius 2 is 1.83 bits per heavy atom. The van der Waals surface area contributed by atoms with Crippen LogP contribution in [-0.2, 0) is 9.59 Å². The summed E-state index contributed by atoms with van der Waals surface area (Å²) in [7, 11) is 0. The molecular formula is C24H28N8O3. The van der Waals surface area contributed by atoms with Gasteiger partial charge in [0.2, 0.25) is 11.7 Å². The van der Waals surface area contributed by atoms with Gasteiger partial charge in [-0.25, -0.2) is 4.79 Å². The van der Waals surface area contributed by atoms with Crippen LogP contribution in [0.25, 0.3) is 33.0 Å². The summed E-state index contributed by atoms with van der Waals surface area (Å²) < 4.78 is 0. The van der Waals surface area contributed by atoms with Crippen LogP contribution in [0.15, 0.2) is 53.6 Å². The molecule has 0 saturated carbocycles. The lowest BCUT2D eigenvalue weighted by atomic mass is 9.96. The number of H-pyrrole nitrogens is 1.